The Hall–Kier alpha value is -2.73. The Morgan fingerprint density at radius 3 is 2.67 bits per heavy atom. The van der Waals surface area contributed by atoms with Crippen LogP contribution in [0.4, 0.5) is 0 Å². The fraction of sp³-hybridized carbons (Fsp3) is 0.167. The molecule has 3 rings (SSSR count). The van der Waals surface area contributed by atoms with Gasteiger partial charge in [-0.3, -0.25) is 9.59 Å². The molecule has 0 saturated carbocycles. The highest BCUT2D eigenvalue weighted by Crippen LogP contribution is 2.14. The fourth-order valence-corrected chi connectivity index (χ4v) is 3.01. The number of hydrogen-bond acceptors (Lipinski definition) is 4. The second-order valence-electron chi connectivity index (χ2n) is 5.34. The first-order valence-electron chi connectivity index (χ1n) is 7.61. The second kappa shape index (κ2) is 7.23. The van der Waals surface area contributed by atoms with Gasteiger partial charge in [0.2, 0.25) is 0 Å². The van der Waals surface area contributed by atoms with Crippen molar-refractivity contribution in [2.75, 3.05) is 6.54 Å². The number of H-pyrrole nitrogens is 1. The first-order chi connectivity index (χ1) is 11.6. The van der Waals surface area contributed by atoms with Crippen LogP contribution < -0.4 is 10.9 Å². The van der Waals surface area contributed by atoms with E-state index in [9.17, 15) is 9.59 Å². The van der Waals surface area contributed by atoms with Gasteiger partial charge in [0, 0.05) is 24.0 Å². The Kier molecular flexibility index (Phi) is 4.86. The minimum Gasteiger partial charge on any atom is -0.351 e. The lowest BCUT2D eigenvalue weighted by atomic mass is 10.1. The molecular weight excluding hydrogens is 322 g/mol. The molecular formula is C18H17N3O2S. The van der Waals surface area contributed by atoms with Crippen molar-refractivity contribution in [2.45, 2.75) is 13.3 Å². The summed E-state index contributed by atoms with van der Waals surface area (Å²) in [7, 11) is 0. The second-order valence-corrected chi connectivity index (χ2v) is 6.41. The van der Waals surface area contributed by atoms with Gasteiger partial charge in [-0.15, -0.1) is 11.3 Å². The van der Waals surface area contributed by atoms with E-state index < -0.39 is 5.56 Å². The molecule has 0 radical (unpaired) electrons. The Morgan fingerprint density at radius 2 is 2.00 bits per heavy atom. The van der Waals surface area contributed by atoms with Gasteiger partial charge in [0.1, 0.15) is 5.56 Å². The van der Waals surface area contributed by atoms with Gasteiger partial charge in [0.05, 0.1) is 10.7 Å². The normalized spacial score (nSPS) is 10.5. The molecule has 0 aliphatic heterocycles. The number of hydrogen-bond donors (Lipinski definition) is 2. The molecule has 5 nitrogen and oxygen atoms in total. The van der Waals surface area contributed by atoms with Gasteiger partial charge in [-0.2, -0.15) is 0 Å². The van der Waals surface area contributed by atoms with Crippen molar-refractivity contribution in [3.63, 3.8) is 0 Å². The Balaban J connectivity index is 1.66. The number of amides is 1. The monoisotopic (exact) mass is 339 g/mol. The molecule has 2 heterocycles. The quantitative estimate of drug-likeness (QED) is 0.750. The van der Waals surface area contributed by atoms with Crippen molar-refractivity contribution in [2.24, 2.45) is 0 Å². The maximum absolute atomic E-state index is 12.2. The number of thiazole rings is 1. The molecule has 6 heteroatoms. The van der Waals surface area contributed by atoms with Crippen molar-refractivity contribution in [3.8, 4) is 11.3 Å². The van der Waals surface area contributed by atoms with E-state index in [0.717, 1.165) is 16.3 Å². The molecule has 0 spiro atoms. The maximum atomic E-state index is 12.2. The smallest absolute Gasteiger partial charge is 0.261 e. The standard InChI is InChI=1S/C18H17N3O2S/c1-12-20-14(11-24-12)9-10-19-17(22)15-7-8-16(21-18(15)23)13-5-3-2-4-6-13/h2-8,11H,9-10H2,1H3,(H,19,22)(H,21,23). The molecule has 0 unspecified atom stereocenters. The third-order valence-electron chi connectivity index (χ3n) is 3.57. The number of carbonyl (C=O) groups excluding carboxylic acids is 1. The van der Waals surface area contributed by atoms with E-state index in [1.807, 2.05) is 42.6 Å². The average molecular weight is 339 g/mol. The fourth-order valence-electron chi connectivity index (χ4n) is 2.36. The van der Waals surface area contributed by atoms with E-state index >= 15 is 0 Å². The van der Waals surface area contributed by atoms with Crippen LogP contribution in [0.2, 0.25) is 0 Å². The summed E-state index contributed by atoms with van der Waals surface area (Å²) in [5.74, 6) is -0.372. The number of nitrogens with one attached hydrogen (secondary N) is 2. The van der Waals surface area contributed by atoms with Crippen LogP contribution in [0.1, 0.15) is 21.1 Å². The van der Waals surface area contributed by atoms with E-state index in [0.29, 0.717) is 18.7 Å². The van der Waals surface area contributed by atoms with Crippen molar-refractivity contribution in [1.82, 2.24) is 15.3 Å². The zero-order valence-corrected chi connectivity index (χ0v) is 14.0. The summed E-state index contributed by atoms with van der Waals surface area (Å²) in [5.41, 5.74) is 2.27. The third kappa shape index (κ3) is 3.78. The number of nitrogens with zero attached hydrogens (tertiary/aromatic N) is 1. The molecule has 0 fully saturated rings. The number of aromatic amines is 1. The number of pyridine rings is 1. The molecule has 0 saturated heterocycles. The molecule has 1 amide bonds. The molecule has 0 aliphatic rings. The summed E-state index contributed by atoms with van der Waals surface area (Å²) in [6.07, 6.45) is 0.649. The van der Waals surface area contributed by atoms with Crippen molar-refractivity contribution in [3.05, 3.63) is 74.5 Å². The van der Waals surface area contributed by atoms with Crippen LogP contribution in [0.3, 0.4) is 0 Å². The molecule has 122 valence electrons. The minimum atomic E-state index is -0.390. The molecule has 1 aromatic carbocycles. The minimum absolute atomic E-state index is 0.115. The Morgan fingerprint density at radius 1 is 1.21 bits per heavy atom. The molecule has 0 bridgehead atoms. The predicted molar refractivity (Wildman–Crippen MR) is 95.4 cm³/mol. The summed E-state index contributed by atoms with van der Waals surface area (Å²) in [5, 5.41) is 5.74. The summed E-state index contributed by atoms with van der Waals surface area (Å²) in [6.45, 7) is 2.39. The van der Waals surface area contributed by atoms with Gasteiger partial charge in [0.25, 0.3) is 11.5 Å². The highest BCUT2D eigenvalue weighted by Gasteiger charge is 2.11. The predicted octanol–water partition coefficient (Wildman–Crippen LogP) is 2.78. The van der Waals surface area contributed by atoms with Crippen LogP contribution in [-0.2, 0) is 6.42 Å². The molecule has 0 aliphatic carbocycles. The molecule has 24 heavy (non-hydrogen) atoms. The van der Waals surface area contributed by atoms with Crippen LogP contribution in [-0.4, -0.2) is 22.4 Å². The van der Waals surface area contributed by atoms with Gasteiger partial charge < -0.3 is 10.3 Å². The van der Waals surface area contributed by atoms with Crippen molar-refractivity contribution in [1.29, 1.82) is 0 Å². The summed E-state index contributed by atoms with van der Waals surface area (Å²) < 4.78 is 0. The van der Waals surface area contributed by atoms with Crippen LogP contribution in [0.25, 0.3) is 11.3 Å². The summed E-state index contributed by atoms with van der Waals surface area (Å²) >= 11 is 1.58. The lowest BCUT2D eigenvalue weighted by Crippen LogP contribution is -2.31. The van der Waals surface area contributed by atoms with Gasteiger partial charge >= 0.3 is 0 Å². The van der Waals surface area contributed by atoms with E-state index in [1.54, 1.807) is 23.5 Å². The van der Waals surface area contributed by atoms with Gasteiger partial charge in [0.15, 0.2) is 0 Å². The van der Waals surface area contributed by atoms with E-state index in [-0.39, 0.29) is 11.5 Å². The SMILES string of the molecule is Cc1nc(CCNC(=O)c2ccc(-c3ccccc3)[nH]c2=O)cs1. The molecule has 3 aromatic rings. The Bertz CT molecular complexity index is 900. The Labute approximate surface area is 143 Å². The van der Waals surface area contributed by atoms with Gasteiger partial charge in [-0.1, -0.05) is 30.3 Å². The maximum Gasteiger partial charge on any atom is 0.261 e. The molecule has 2 N–H and O–H groups in total. The summed E-state index contributed by atoms with van der Waals surface area (Å²) in [4.78, 5) is 31.4. The number of aryl methyl sites for hydroxylation is 1. The van der Waals surface area contributed by atoms with Crippen LogP contribution in [0.15, 0.2) is 52.6 Å². The van der Waals surface area contributed by atoms with Gasteiger partial charge in [-0.05, 0) is 24.6 Å². The van der Waals surface area contributed by atoms with E-state index in [1.165, 1.54) is 0 Å². The van der Waals surface area contributed by atoms with Gasteiger partial charge in [-0.25, -0.2) is 4.98 Å². The lowest BCUT2D eigenvalue weighted by molar-refractivity contribution is 0.0952. The van der Waals surface area contributed by atoms with Crippen LogP contribution in [0.5, 0.6) is 0 Å². The number of rotatable bonds is 5. The van der Waals surface area contributed by atoms with Crippen LogP contribution in [0, 0.1) is 6.92 Å². The number of carbonyl (C=O) groups is 1. The number of aromatic nitrogens is 2. The molecule has 0 atom stereocenters. The number of benzene rings is 1. The molecule has 2 aromatic heterocycles. The largest absolute Gasteiger partial charge is 0.351 e. The highest BCUT2D eigenvalue weighted by molar-refractivity contribution is 7.09. The van der Waals surface area contributed by atoms with Crippen molar-refractivity contribution >= 4 is 17.2 Å². The zero-order valence-electron chi connectivity index (χ0n) is 13.2. The third-order valence-corrected chi connectivity index (χ3v) is 4.39. The van der Waals surface area contributed by atoms with E-state index in [4.69, 9.17) is 0 Å². The highest BCUT2D eigenvalue weighted by atomic mass is 32.1. The summed E-state index contributed by atoms with van der Waals surface area (Å²) in [6, 6.07) is 12.8. The topological polar surface area (TPSA) is 74.8 Å². The lowest BCUT2D eigenvalue weighted by Gasteiger charge is -2.05. The average Bonchev–Trinajstić information content (AvgIpc) is 3.00. The van der Waals surface area contributed by atoms with Crippen molar-refractivity contribution < 1.29 is 4.79 Å². The van der Waals surface area contributed by atoms with E-state index in [2.05, 4.69) is 15.3 Å². The van der Waals surface area contributed by atoms with Crippen LogP contribution >= 0.6 is 11.3 Å². The first-order valence-corrected chi connectivity index (χ1v) is 8.49. The first kappa shape index (κ1) is 16.1. The zero-order chi connectivity index (χ0) is 16.9.